The average Bonchev–Trinajstić information content (AvgIpc) is 2.27. The fourth-order valence-electron chi connectivity index (χ4n) is 3.09. The number of nitrogens with zero attached hydrogens (tertiary/aromatic N) is 1. The van der Waals surface area contributed by atoms with Crippen molar-refractivity contribution in [1.82, 2.24) is 10.2 Å². The van der Waals surface area contributed by atoms with E-state index >= 15 is 0 Å². The third-order valence-corrected chi connectivity index (χ3v) is 3.79. The third-order valence-electron chi connectivity index (χ3n) is 3.79. The lowest BCUT2D eigenvalue weighted by atomic mass is 9.97. The number of rotatable bonds is 8. The van der Waals surface area contributed by atoms with E-state index < -0.39 is 0 Å². The summed E-state index contributed by atoms with van der Waals surface area (Å²) < 4.78 is 5.84. The zero-order valence-corrected chi connectivity index (χ0v) is 13.6. The maximum Gasteiger partial charge on any atom is 0.0589 e. The molecule has 0 bridgehead atoms. The van der Waals surface area contributed by atoms with Crippen LogP contribution in [0, 0.1) is 5.92 Å². The first-order valence-corrected chi connectivity index (χ1v) is 8.03. The number of nitrogens with one attached hydrogen (secondary N) is 1. The maximum atomic E-state index is 5.84. The predicted molar refractivity (Wildman–Crippen MR) is 82.6 cm³/mol. The third kappa shape index (κ3) is 7.28. The number of hydrogen-bond acceptors (Lipinski definition) is 3. The Morgan fingerprint density at radius 2 is 2.05 bits per heavy atom. The molecular formula is C16H34N2O. The molecule has 0 radical (unpaired) electrons. The molecule has 0 saturated carbocycles. The molecule has 1 rings (SSSR count). The van der Waals surface area contributed by atoms with Gasteiger partial charge in [0.05, 0.1) is 6.10 Å². The normalized spacial score (nSPS) is 26.1. The summed E-state index contributed by atoms with van der Waals surface area (Å²) in [5, 5.41) is 3.89. The molecule has 1 heterocycles. The number of ether oxygens (including phenoxy) is 1. The molecule has 1 aliphatic heterocycles. The molecule has 114 valence electrons. The van der Waals surface area contributed by atoms with Crippen LogP contribution in [0.4, 0.5) is 0 Å². The summed E-state index contributed by atoms with van der Waals surface area (Å²) in [6.45, 7) is 8.93. The van der Waals surface area contributed by atoms with Gasteiger partial charge < -0.3 is 15.0 Å². The van der Waals surface area contributed by atoms with Crippen LogP contribution >= 0.6 is 0 Å². The summed E-state index contributed by atoms with van der Waals surface area (Å²) in [6.07, 6.45) is 6.53. The molecule has 0 aromatic heterocycles. The van der Waals surface area contributed by atoms with Crippen LogP contribution in [0.1, 0.15) is 52.9 Å². The van der Waals surface area contributed by atoms with E-state index in [1.54, 1.807) is 0 Å². The standard InChI is InChI=1S/C16H34N2O/c1-6-7-16-11-14(8-9-19-16)17-15(10-13(2)3)12-18(4)5/h13-17H,6-12H2,1-5H3. The molecule has 0 spiro atoms. The number of hydrogen-bond donors (Lipinski definition) is 1. The molecule has 0 aromatic rings. The Hall–Kier alpha value is -0.120. The molecule has 19 heavy (non-hydrogen) atoms. The molecule has 0 aliphatic carbocycles. The first-order chi connectivity index (χ1) is 9.01. The van der Waals surface area contributed by atoms with E-state index in [2.05, 4.69) is 45.1 Å². The second kappa shape index (κ2) is 8.93. The molecule has 3 unspecified atom stereocenters. The van der Waals surface area contributed by atoms with E-state index in [9.17, 15) is 0 Å². The Balaban J connectivity index is 2.42. The van der Waals surface area contributed by atoms with E-state index in [-0.39, 0.29) is 0 Å². The van der Waals surface area contributed by atoms with Gasteiger partial charge in [-0.15, -0.1) is 0 Å². The van der Waals surface area contributed by atoms with Crippen LogP contribution in [0.2, 0.25) is 0 Å². The summed E-state index contributed by atoms with van der Waals surface area (Å²) in [5.74, 6) is 0.753. The van der Waals surface area contributed by atoms with Crippen LogP contribution in [0.5, 0.6) is 0 Å². The van der Waals surface area contributed by atoms with Gasteiger partial charge >= 0.3 is 0 Å². The lowest BCUT2D eigenvalue weighted by Crippen LogP contribution is -2.48. The molecule has 3 heteroatoms. The van der Waals surface area contributed by atoms with Gasteiger partial charge in [-0.05, 0) is 45.7 Å². The Kier molecular flexibility index (Phi) is 7.96. The summed E-state index contributed by atoms with van der Waals surface area (Å²) in [7, 11) is 4.33. The van der Waals surface area contributed by atoms with Crippen LogP contribution in [0.3, 0.4) is 0 Å². The van der Waals surface area contributed by atoms with Crippen molar-refractivity contribution < 1.29 is 4.74 Å². The smallest absolute Gasteiger partial charge is 0.0589 e. The Morgan fingerprint density at radius 1 is 1.32 bits per heavy atom. The highest BCUT2D eigenvalue weighted by molar-refractivity contribution is 4.82. The maximum absolute atomic E-state index is 5.84. The predicted octanol–water partition coefficient (Wildman–Crippen LogP) is 2.90. The molecule has 3 atom stereocenters. The van der Waals surface area contributed by atoms with Crippen molar-refractivity contribution in [3.05, 3.63) is 0 Å². The Bertz CT molecular complexity index is 219. The van der Waals surface area contributed by atoms with Crippen molar-refractivity contribution in [3.8, 4) is 0 Å². The fraction of sp³-hybridized carbons (Fsp3) is 1.00. The molecule has 1 aliphatic rings. The van der Waals surface area contributed by atoms with E-state index in [0.717, 1.165) is 19.1 Å². The highest BCUT2D eigenvalue weighted by atomic mass is 16.5. The van der Waals surface area contributed by atoms with Gasteiger partial charge in [-0.2, -0.15) is 0 Å². The van der Waals surface area contributed by atoms with Gasteiger partial charge in [-0.1, -0.05) is 27.2 Å². The van der Waals surface area contributed by atoms with Crippen molar-refractivity contribution in [2.45, 2.75) is 71.1 Å². The summed E-state index contributed by atoms with van der Waals surface area (Å²) >= 11 is 0. The van der Waals surface area contributed by atoms with Crippen LogP contribution in [0.25, 0.3) is 0 Å². The van der Waals surface area contributed by atoms with Crippen molar-refractivity contribution in [1.29, 1.82) is 0 Å². The second-order valence-corrected chi connectivity index (χ2v) is 6.76. The Morgan fingerprint density at radius 3 is 2.63 bits per heavy atom. The summed E-state index contributed by atoms with van der Waals surface area (Å²) in [4.78, 5) is 2.29. The molecule has 3 nitrogen and oxygen atoms in total. The molecule has 0 amide bonds. The zero-order valence-electron chi connectivity index (χ0n) is 13.6. The topological polar surface area (TPSA) is 24.5 Å². The van der Waals surface area contributed by atoms with Crippen LogP contribution in [0.15, 0.2) is 0 Å². The second-order valence-electron chi connectivity index (χ2n) is 6.76. The first-order valence-electron chi connectivity index (χ1n) is 8.03. The van der Waals surface area contributed by atoms with Gasteiger partial charge in [0, 0.05) is 25.2 Å². The van der Waals surface area contributed by atoms with E-state index in [0.29, 0.717) is 18.2 Å². The fourth-order valence-corrected chi connectivity index (χ4v) is 3.09. The van der Waals surface area contributed by atoms with Gasteiger partial charge in [0.2, 0.25) is 0 Å². The van der Waals surface area contributed by atoms with E-state index in [1.165, 1.54) is 32.1 Å². The molecule has 1 saturated heterocycles. The van der Waals surface area contributed by atoms with E-state index in [4.69, 9.17) is 4.74 Å². The van der Waals surface area contributed by atoms with Crippen LogP contribution in [-0.4, -0.2) is 50.3 Å². The molecule has 0 aromatic carbocycles. The van der Waals surface area contributed by atoms with Crippen molar-refractivity contribution >= 4 is 0 Å². The lowest BCUT2D eigenvalue weighted by Gasteiger charge is -2.34. The quantitative estimate of drug-likeness (QED) is 0.734. The van der Waals surface area contributed by atoms with Gasteiger partial charge in [0.25, 0.3) is 0 Å². The highest BCUT2D eigenvalue weighted by Gasteiger charge is 2.24. The molecule has 1 N–H and O–H groups in total. The van der Waals surface area contributed by atoms with Gasteiger partial charge in [-0.25, -0.2) is 0 Å². The van der Waals surface area contributed by atoms with Crippen molar-refractivity contribution in [2.24, 2.45) is 5.92 Å². The molecular weight excluding hydrogens is 236 g/mol. The first kappa shape index (κ1) is 16.9. The largest absolute Gasteiger partial charge is 0.378 e. The lowest BCUT2D eigenvalue weighted by molar-refractivity contribution is -0.00588. The van der Waals surface area contributed by atoms with E-state index in [1.807, 2.05) is 0 Å². The summed E-state index contributed by atoms with van der Waals surface area (Å²) in [5.41, 5.74) is 0. The van der Waals surface area contributed by atoms with Gasteiger partial charge in [0.1, 0.15) is 0 Å². The minimum absolute atomic E-state index is 0.482. The Labute approximate surface area is 120 Å². The zero-order chi connectivity index (χ0) is 14.3. The van der Waals surface area contributed by atoms with Crippen LogP contribution in [-0.2, 0) is 4.74 Å². The SMILES string of the molecule is CCCC1CC(NC(CC(C)C)CN(C)C)CCO1. The van der Waals surface area contributed by atoms with Gasteiger partial charge in [0.15, 0.2) is 0 Å². The summed E-state index contributed by atoms with van der Waals surface area (Å²) in [6, 6.07) is 1.26. The monoisotopic (exact) mass is 270 g/mol. The minimum Gasteiger partial charge on any atom is -0.378 e. The molecule has 1 fully saturated rings. The average molecular weight is 270 g/mol. The van der Waals surface area contributed by atoms with Gasteiger partial charge in [-0.3, -0.25) is 0 Å². The van der Waals surface area contributed by atoms with Crippen molar-refractivity contribution in [3.63, 3.8) is 0 Å². The minimum atomic E-state index is 0.482. The number of likely N-dealkylation sites (N-methyl/N-ethyl adjacent to an activating group) is 1. The van der Waals surface area contributed by atoms with Crippen LogP contribution < -0.4 is 5.32 Å². The van der Waals surface area contributed by atoms with Crippen molar-refractivity contribution in [2.75, 3.05) is 27.2 Å². The highest BCUT2D eigenvalue weighted by Crippen LogP contribution is 2.19.